The molecule has 2 unspecified atom stereocenters. The number of aryl methyl sites for hydroxylation is 1. The van der Waals surface area contributed by atoms with Crippen LogP contribution in [-0.4, -0.2) is 59.1 Å². The van der Waals surface area contributed by atoms with Crippen molar-refractivity contribution in [1.29, 1.82) is 0 Å². The number of ether oxygens (including phenoxy) is 1. The second-order valence-corrected chi connectivity index (χ2v) is 14.1. The van der Waals surface area contributed by atoms with Crippen LogP contribution >= 0.6 is 7.37 Å². The number of rotatable bonds is 14. The molecule has 9 heteroatoms. The van der Waals surface area contributed by atoms with Crippen LogP contribution < -0.4 is 0 Å². The summed E-state index contributed by atoms with van der Waals surface area (Å²) in [6.45, 7) is 5.68. The van der Waals surface area contributed by atoms with E-state index < -0.39 is 37.5 Å². The highest BCUT2D eigenvalue weighted by Crippen LogP contribution is 2.51. The SMILES string of the molecule is CCC(=O)OC(OP(=O)(CCCCc1ccccc1)CC(=O)N1C[C@@H](C2CCCCC2)C[C@@H]1C(=O)O)C(C)C. The van der Waals surface area contributed by atoms with Crippen molar-refractivity contribution in [1.82, 2.24) is 4.90 Å². The number of likely N-dealkylation sites (tertiary alicyclic amines) is 1. The lowest BCUT2D eigenvalue weighted by Crippen LogP contribution is -2.42. The summed E-state index contributed by atoms with van der Waals surface area (Å²) in [6, 6.07) is 9.10. The molecule has 1 saturated heterocycles. The fraction of sp³-hybridized carbons (Fsp3) is 0.700. The van der Waals surface area contributed by atoms with E-state index in [1.165, 1.54) is 16.9 Å². The summed E-state index contributed by atoms with van der Waals surface area (Å²) in [7, 11) is -3.60. The van der Waals surface area contributed by atoms with Gasteiger partial charge in [-0.15, -0.1) is 0 Å². The van der Waals surface area contributed by atoms with E-state index in [0.717, 1.165) is 38.5 Å². The molecule has 218 valence electrons. The molecule has 1 aromatic rings. The number of carboxylic acid groups (broad SMARTS) is 1. The summed E-state index contributed by atoms with van der Waals surface area (Å²) in [5.74, 6) is -1.61. The smallest absolute Gasteiger partial charge is 0.326 e. The summed E-state index contributed by atoms with van der Waals surface area (Å²) < 4.78 is 25.7. The second kappa shape index (κ2) is 15.0. The van der Waals surface area contributed by atoms with Crippen LogP contribution in [0.3, 0.4) is 0 Å². The zero-order valence-electron chi connectivity index (χ0n) is 23.8. The molecule has 1 aliphatic heterocycles. The van der Waals surface area contributed by atoms with E-state index in [2.05, 4.69) is 0 Å². The Labute approximate surface area is 233 Å². The van der Waals surface area contributed by atoms with Gasteiger partial charge in [0.05, 0.1) is 0 Å². The predicted molar refractivity (Wildman–Crippen MR) is 151 cm³/mol. The van der Waals surface area contributed by atoms with Gasteiger partial charge >= 0.3 is 11.9 Å². The van der Waals surface area contributed by atoms with Crippen LogP contribution in [0.2, 0.25) is 0 Å². The number of unbranched alkanes of at least 4 members (excludes halogenated alkanes) is 1. The Morgan fingerprint density at radius 1 is 1.05 bits per heavy atom. The van der Waals surface area contributed by atoms with Crippen molar-refractivity contribution in [2.24, 2.45) is 17.8 Å². The lowest BCUT2D eigenvalue weighted by molar-refractivity contribution is -0.169. The summed E-state index contributed by atoms with van der Waals surface area (Å²) >= 11 is 0. The van der Waals surface area contributed by atoms with Gasteiger partial charge in [-0.25, -0.2) is 4.79 Å². The van der Waals surface area contributed by atoms with Gasteiger partial charge in [0.25, 0.3) is 0 Å². The average molecular weight is 564 g/mol. The molecular weight excluding hydrogens is 517 g/mol. The topological polar surface area (TPSA) is 110 Å². The Balaban J connectivity index is 1.73. The van der Waals surface area contributed by atoms with Gasteiger partial charge in [-0.3, -0.25) is 18.7 Å². The number of amides is 1. The molecule has 39 heavy (non-hydrogen) atoms. The van der Waals surface area contributed by atoms with Gasteiger partial charge in [-0.1, -0.05) is 83.2 Å². The predicted octanol–water partition coefficient (Wildman–Crippen LogP) is 6.12. The van der Waals surface area contributed by atoms with Gasteiger partial charge in [0.15, 0.2) is 0 Å². The monoisotopic (exact) mass is 563 g/mol. The van der Waals surface area contributed by atoms with Crippen molar-refractivity contribution in [2.75, 3.05) is 18.9 Å². The van der Waals surface area contributed by atoms with Crippen LogP contribution in [0.1, 0.15) is 84.1 Å². The highest BCUT2D eigenvalue weighted by molar-refractivity contribution is 7.59. The Kier molecular flexibility index (Phi) is 12.1. The van der Waals surface area contributed by atoms with Crippen molar-refractivity contribution < 1.29 is 33.3 Å². The first-order chi connectivity index (χ1) is 18.6. The van der Waals surface area contributed by atoms with Gasteiger partial charge < -0.3 is 14.7 Å². The third-order valence-corrected chi connectivity index (χ3v) is 10.4. The third kappa shape index (κ3) is 9.46. The minimum atomic E-state index is -3.60. The second-order valence-electron chi connectivity index (χ2n) is 11.5. The van der Waals surface area contributed by atoms with Gasteiger partial charge in [0, 0.05) is 25.0 Å². The largest absolute Gasteiger partial charge is 0.480 e. The molecule has 4 atom stereocenters. The zero-order valence-corrected chi connectivity index (χ0v) is 24.7. The molecule has 8 nitrogen and oxygen atoms in total. The molecular formula is C30H46NO7P. The first-order valence-corrected chi connectivity index (χ1v) is 16.6. The molecule has 3 rings (SSSR count). The molecule has 1 aromatic carbocycles. The van der Waals surface area contributed by atoms with E-state index in [-0.39, 0.29) is 30.6 Å². The lowest BCUT2D eigenvalue weighted by Gasteiger charge is -2.30. The highest BCUT2D eigenvalue weighted by atomic mass is 31.2. The van der Waals surface area contributed by atoms with Crippen LogP contribution in [-0.2, 0) is 34.6 Å². The summed E-state index contributed by atoms with van der Waals surface area (Å²) in [5.41, 5.74) is 1.18. The molecule has 2 fully saturated rings. The average Bonchev–Trinajstić information content (AvgIpc) is 3.38. The third-order valence-electron chi connectivity index (χ3n) is 8.07. The standard InChI is InChI=1S/C30H46NO7P/c1-4-28(33)37-30(22(2)3)38-39(36,18-12-11-15-23-13-7-5-8-14-23)21-27(32)31-20-25(19-26(31)29(34)35)24-16-9-6-10-17-24/h5,7-8,13-14,22,24-26,30H,4,6,9-12,15-21H2,1-3H3,(H,34,35)/t25-,26+,30?,39?/m0/s1. The number of carboxylic acids is 1. The number of hydrogen-bond donors (Lipinski definition) is 1. The number of carbonyl (C=O) groups excluding carboxylic acids is 2. The van der Waals surface area contributed by atoms with E-state index in [0.29, 0.717) is 25.3 Å². The molecule has 1 saturated carbocycles. The number of esters is 1. The van der Waals surface area contributed by atoms with E-state index in [4.69, 9.17) is 9.26 Å². The molecule has 1 N–H and O–H groups in total. The molecule has 1 aliphatic carbocycles. The Bertz CT molecular complexity index is 992. The van der Waals surface area contributed by atoms with Crippen LogP contribution in [0.25, 0.3) is 0 Å². The number of hydrogen-bond acceptors (Lipinski definition) is 6. The molecule has 2 aliphatic rings. The summed E-state index contributed by atoms with van der Waals surface area (Å²) in [6.07, 6.45) is 7.12. The molecule has 0 radical (unpaired) electrons. The first-order valence-electron chi connectivity index (χ1n) is 14.6. The van der Waals surface area contributed by atoms with E-state index in [9.17, 15) is 24.1 Å². The maximum absolute atomic E-state index is 14.2. The Hall–Kier alpha value is -2.18. The van der Waals surface area contributed by atoms with Crippen molar-refractivity contribution in [3.63, 3.8) is 0 Å². The Morgan fingerprint density at radius 3 is 2.36 bits per heavy atom. The molecule has 0 bridgehead atoms. The zero-order chi connectivity index (χ0) is 28.4. The van der Waals surface area contributed by atoms with Gasteiger partial charge in [-0.2, -0.15) is 0 Å². The van der Waals surface area contributed by atoms with E-state index in [1.54, 1.807) is 6.92 Å². The van der Waals surface area contributed by atoms with Crippen molar-refractivity contribution in [3.05, 3.63) is 35.9 Å². The quantitative estimate of drug-likeness (QED) is 0.126. The fourth-order valence-electron chi connectivity index (χ4n) is 5.80. The fourth-order valence-corrected chi connectivity index (χ4v) is 8.10. The van der Waals surface area contributed by atoms with Gasteiger partial charge in [0.2, 0.25) is 19.6 Å². The van der Waals surface area contributed by atoms with E-state index in [1.807, 2.05) is 44.2 Å². The van der Waals surface area contributed by atoms with Crippen LogP contribution in [0, 0.1) is 17.8 Å². The van der Waals surface area contributed by atoms with Crippen LogP contribution in [0.4, 0.5) is 0 Å². The van der Waals surface area contributed by atoms with Gasteiger partial charge in [0.1, 0.15) is 12.2 Å². The molecule has 1 amide bonds. The number of carbonyl (C=O) groups is 3. The van der Waals surface area contributed by atoms with Crippen LogP contribution in [0.15, 0.2) is 30.3 Å². The number of benzene rings is 1. The van der Waals surface area contributed by atoms with E-state index >= 15 is 0 Å². The maximum atomic E-state index is 14.2. The first kappa shape index (κ1) is 31.3. The van der Waals surface area contributed by atoms with Crippen LogP contribution in [0.5, 0.6) is 0 Å². The lowest BCUT2D eigenvalue weighted by atomic mass is 9.79. The van der Waals surface area contributed by atoms with Crippen molar-refractivity contribution >= 4 is 25.2 Å². The van der Waals surface area contributed by atoms with Crippen molar-refractivity contribution in [2.45, 2.75) is 97.3 Å². The van der Waals surface area contributed by atoms with Gasteiger partial charge in [-0.05, 0) is 43.1 Å². The Morgan fingerprint density at radius 2 is 1.74 bits per heavy atom. The minimum absolute atomic E-state index is 0.149. The van der Waals surface area contributed by atoms with Crippen molar-refractivity contribution in [3.8, 4) is 0 Å². The normalized spacial score (nSPS) is 22.4. The molecule has 1 heterocycles. The molecule has 0 spiro atoms. The summed E-state index contributed by atoms with van der Waals surface area (Å²) in [5, 5.41) is 9.92. The highest BCUT2D eigenvalue weighted by Gasteiger charge is 2.44. The maximum Gasteiger partial charge on any atom is 0.326 e. The minimum Gasteiger partial charge on any atom is -0.480 e. The number of aliphatic carboxylic acids is 1. The number of nitrogens with zero attached hydrogens (tertiary/aromatic N) is 1. The summed E-state index contributed by atoms with van der Waals surface area (Å²) in [4.78, 5) is 39.2. The molecule has 0 aromatic heterocycles.